The maximum atomic E-state index is 13.4. The van der Waals surface area contributed by atoms with Gasteiger partial charge in [-0.25, -0.2) is 4.79 Å². The molecular formula is C36H34N4O7. The zero-order valence-electron chi connectivity index (χ0n) is 26.0. The standard InChI is InChI=1S/C36H34N4O7/c1-39(2)30-16-14-27-32-25(30)12-7-13-26(32)34(44)40(35(27)45)19-18-37-33(43)29(15-17-31(41)42)38-36(46)47-20-28-23-10-5-3-8-21(23)22-9-4-6-11-24(22)28/h3-14,16,28-29H,15,17-20H2,1-2H3,(H,37,43)(H,38,46)(H,41,42). The molecule has 4 aromatic carbocycles. The number of benzene rings is 4. The SMILES string of the molecule is CN(C)c1ccc2c3c(cccc13)C(=O)N(CCNC(=O)C(CCC(=O)O)NC(=O)OCC1c3ccccc3-c3ccccc31)C2=O. The van der Waals surface area contributed by atoms with Gasteiger partial charge in [0.15, 0.2) is 0 Å². The lowest BCUT2D eigenvalue weighted by Gasteiger charge is -2.29. The minimum absolute atomic E-state index is 0.0244. The van der Waals surface area contributed by atoms with Gasteiger partial charge in [0, 0.05) is 67.1 Å². The molecule has 11 nitrogen and oxygen atoms in total. The zero-order valence-corrected chi connectivity index (χ0v) is 26.0. The molecule has 6 rings (SSSR count). The molecule has 4 amide bonds. The Labute approximate surface area is 271 Å². The molecule has 0 fully saturated rings. The van der Waals surface area contributed by atoms with Crippen molar-refractivity contribution in [2.45, 2.75) is 24.8 Å². The number of hydrogen-bond acceptors (Lipinski definition) is 7. The lowest BCUT2D eigenvalue weighted by molar-refractivity contribution is -0.137. The van der Waals surface area contributed by atoms with E-state index in [1.54, 1.807) is 18.2 Å². The molecule has 1 heterocycles. The molecule has 0 aromatic heterocycles. The summed E-state index contributed by atoms with van der Waals surface area (Å²) in [5, 5.41) is 15.8. The van der Waals surface area contributed by atoms with E-state index in [-0.39, 0.29) is 38.5 Å². The topological polar surface area (TPSA) is 145 Å². The Morgan fingerprint density at radius 1 is 0.851 bits per heavy atom. The Balaban J connectivity index is 1.09. The van der Waals surface area contributed by atoms with Gasteiger partial charge in [0.1, 0.15) is 12.6 Å². The van der Waals surface area contributed by atoms with Gasteiger partial charge in [-0.05, 0) is 46.9 Å². The van der Waals surface area contributed by atoms with E-state index < -0.39 is 35.8 Å². The number of anilines is 1. The number of hydrogen-bond donors (Lipinski definition) is 3. The van der Waals surface area contributed by atoms with Gasteiger partial charge in [-0.15, -0.1) is 0 Å². The molecular weight excluding hydrogens is 600 g/mol. The molecule has 2 aliphatic rings. The molecule has 1 unspecified atom stereocenters. The van der Waals surface area contributed by atoms with E-state index in [0.29, 0.717) is 16.5 Å². The number of carbonyl (C=O) groups is 5. The summed E-state index contributed by atoms with van der Waals surface area (Å²) in [6.45, 7) is -0.199. The molecule has 1 atom stereocenters. The lowest BCUT2D eigenvalue weighted by Crippen LogP contribution is -2.50. The van der Waals surface area contributed by atoms with E-state index in [1.807, 2.05) is 79.7 Å². The first-order valence-corrected chi connectivity index (χ1v) is 15.4. The predicted molar refractivity (Wildman–Crippen MR) is 176 cm³/mol. The third kappa shape index (κ3) is 5.99. The van der Waals surface area contributed by atoms with Crippen LogP contribution >= 0.6 is 0 Å². The Hall–Kier alpha value is -5.71. The Morgan fingerprint density at radius 3 is 2.11 bits per heavy atom. The van der Waals surface area contributed by atoms with Crippen LogP contribution in [0.25, 0.3) is 21.9 Å². The van der Waals surface area contributed by atoms with Crippen molar-refractivity contribution in [2.75, 3.05) is 38.7 Å². The first-order chi connectivity index (χ1) is 22.7. The van der Waals surface area contributed by atoms with Crippen LogP contribution in [0.2, 0.25) is 0 Å². The number of amides is 4. The van der Waals surface area contributed by atoms with Crippen molar-refractivity contribution in [1.82, 2.24) is 15.5 Å². The fraction of sp³-hybridized carbons (Fsp3) is 0.250. The van der Waals surface area contributed by atoms with Crippen molar-refractivity contribution in [2.24, 2.45) is 0 Å². The van der Waals surface area contributed by atoms with Gasteiger partial charge in [0.25, 0.3) is 11.8 Å². The lowest BCUT2D eigenvalue weighted by atomic mass is 9.93. The molecule has 4 aromatic rings. The van der Waals surface area contributed by atoms with Crippen molar-refractivity contribution in [3.8, 4) is 11.1 Å². The van der Waals surface area contributed by atoms with Crippen LogP contribution in [-0.2, 0) is 14.3 Å². The van der Waals surface area contributed by atoms with Crippen LogP contribution in [0.1, 0.15) is 50.6 Å². The van der Waals surface area contributed by atoms with Crippen LogP contribution in [0, 0.1) is 0 Å². The quantitative estimate of drug-likeness (QED) is 0.206. The molecule has 0 saturated heterocycles. The van der Waals surface area contributed by atoms with Crippen LogP contribution in [0.4, 0.5) is 10.5 Å². The number of imide groups is 1. The zero-order chi connectivity index (χ0) is 33.2. The van der Waals surface area contributed by atoms with Gasteiger partial charge in [-0.2, -0.15) is 0 Å². The highest BCUT2D eigenvalue weighted by Crippen LogP contribution is 2.44. The molecule has 1 aliphatic carbocycles. The number of ether oxygens (including phenoxy) is 1. The second kappa shape index (κ2) is 13.0. The van der Waals surface area contributed by atoms with Crippen molar-refractivity contribution >= 4 is 46.2 Å². The molecule has 0 bridgehead atoms. The van der Waals surface area contributed by atoms with Crippen LogP contribution in [-0.4, -0.2) is 79.6 Å². The number of rotatable bonds is 11. The number of alkyl carbamates (subject to hydrolysis) is 1. The Bertz CT molecular complexity index is 1850. The first kappa shape index (κ1) is 31.3. The normalized spacial score (nSPS) is 14.0. The monoisotopic (exact) mass is 634 g/mol. The van der Waals surface area contributed by atoms with E-state index in [4.69, 9.17) is 4.74 Å². The van der Waals surface area contributed by atoms with Gasteiger partial charge in [0.05, 0.1) is 0 Å². The number of carbonyl (C=O) groups excluding carboxylic acids is 4. The minimum atomic E-state index is -1.21. The molecule has 47 heavy (non-hydrogen) atoms. The molecule has 3 N–H and O–H groups in total. The minimum Gasteiger partial charge on any atom is -0.481 e. The van der Waals surface area contributed by atoms with Gasteiger partial charge in [-0.1, -0.05) is 60.7 Å². The average molecular weight is 635 g/mol. The van der Waals surface area contributed by atoms with Crippen LogP contribution in [0.15, 0.2) is 78.9 Å². The summed E-state index contributed by atoms with van der Waals surface area (Å²) in [4.78, 5) is 67.2. The van der Waals surface area contributed by atoms with E-state index in [0.717, 1.165) is 38.2 Å². The molecule has 0 radical (unpaired) electrons. The van der Waals surface area contributed by atoms with Crippen LogP contribution < -0.4 is 15.5 Å². The molecule has 11 heteroatoms. The summed E-state index contributed by atoms with van der Waals surface area (Å²) in [6.07, 6.45) is -1.42. The highest BCUT2D eigenvalue weighted by Gasteiger charge is 2.34. The second-order valence-corrected chi connectivity index (χ2v) is 11.8. The fourth-order valence-corrected chi connectivity index (χ4v) is 6.46. The maximum absolute atomic E-state index is 13.4. The van der Waals surface area contributed by atoms with E-state index in [1.165, 1.54) is 0 Å². The summed E-state index contributed by atoms with van der Waals surface area (Å²) in [5.74, 6) is -2.93. The van der Waals surface area contributed by atoms with Gasteiger partial charge in [-0.3, -0.25) is 24.1 Å². The number of aliphatic carboxylic acids is 1. The summed E-state index contributed by atoms with van der Waals surface area (Å²) >= 11 is 0. The van der Waals surface area contributed by atoms with Crippen molar-refractivity contribution in [3.05, 3.63) is 101 Å². The first-order valence-electron chi connectivity index (χ1n) is 15.4. The average Bonchev–Trinajstić information content (AvgIpc) is 3.39. The maximum Gasteiger partial charge on any atom is 0.407 e. The Morgan fingerprint density at radius 2 is 1.47 bits per heavy atom. The van der Waals surface area contributed by atoms with Crippen molar-refractivity contribution < 1.29 is 33.8 Å². The molecule has 1 aliphatic heterocycles. The van der Waals surface area contributed by atoms with Crippen LogP contribution in [0.5, 0.6) is 0 Å². The van der Waals surface area contributed by atoms with E-state index in [2.05, 4.69) is 10.6 Å². The second-order valence-electron chi connectivity index (χ2n) is 11.8. The Kier molecular flexibility index (Phi) is 8.62. The van der Waals surface area contributed by atoms with E-state index in [9.17, 15) is 29.1 Å². The van der Waals surface area contributed by atoms with E-state index >= 15 is 0 Å². The van der Waals surface area contributed by atoms with Crippen LogP contribution in [0.3, 0.4) is 0 Å². The largest absolute Gasteiger partial charge is 0.481 e. The number of fused-ring (bicyclic) bond motifs is 3. The number of nitrogens with one attached hydrogen (secondary N) is 2. The third-order valence-electron chi connectivity index (χ3n) is 8.68. The smallest absolute Gasteiger partial charge is 0.407 e. The molecule has 0 saturated carbocycles. The number of carboxylic acid groups (broad SMARTS) is 1. The van der Waals surface area contributed by atoms with Gasteiger partial charge in [0.2, 0.25) is 5.91 Å². The fourth-order valence-electron chi connectivity index (χ4n) is 6.46. The van der Waals surface area contributed by atoms with Gasteiger partial charge < -0.3 is 25.4 Å². The molecule has 0 spiro atoms. The van der Waals surface area contributed by atoms with Gasteiger partial charge >= 0.3 is 12.1 Å². The van der Waals surface area contributed by atoms with Crippen molar-refractivity contribution in [1.29, 1.82) is 0 Å². The highest BCUT2D eigenvalue weighted by atomic mass is 16.5. The summed E-state index contributed by atoms with van der Waals surface area (Å²) < 4.78 is 5.56. The highest BCUT2D eigenvalue weighted by molar-refractivity contribution is 6.26. The number of carboxylic acids is 1. The van der Waals surface area contributed by atoms with Crippen molar-refractivity contribution in [3.63, 3.8) is 0 Å². The summed E-state index contributed by atoms with van der Waals surface area (Å²) in [6, 6.07) is 23.4. The molecule has 240 valence electrons. The predicted octanol–water partition coefficient (Wildman–Crippen LogP) is 4.39. The number of nitrogens with zero attached hydrogens (tertiary/aromatic N) is 2. The third-order valence-corrected chi connectivity index (χ3v) is 8.68. The summed E-state index contributed by atoms with van der Waals surface area (Å²) in [7, 11) is 3.77. The summed E-state index contributed by atoms with van der Waals surface area (Å²) in [5.41, 5.74) is 5.86.